The van der Waals surface area contributed by atoms with Crippen LogP contribution in [0.15, 0.2) is 18.3 Å². The average Bonchev–Trinajstić information content (AvgIpc) is 2.42. The third-order valence-electron chi connectivity index (χ3n) is 3.62. The summed E-state index contributed by atoms with van der Waals surface area (Å²) in [6, 6.07) is 3.81. The first-order valence-corrected chi connectivity index (χ1v) is 6.89. The molecular formula is C14H22FN3. The third-order valence-corrected chi connectivity index (χ3v) is 3.62. The summed E-state index contributed by atoms with van der Waals surface area (Å²) in [5, 5.41) is 0. The van der Waals surface area contributed by atoms with E-state index in [0.717, 1.165) is 18.8 Å². The van der Waals surface area contributed by atoms with Gasteiger partial charge in [0.2, 0.25) is 0 Å². The Morgan fingerprint density at radius 2 is 2.06 bits per heavy atom. The van der Waals surface area contributed by atoms with Crippen molar-refractivity contribution >= 4 is 5.82 Å². The Bertz CT molecular complexity index is 347. The monoisotopic (exact) mass is 251 g/mol. The zero-order valence-corrected chi connectivity index (χ0v) is 10.8. The molecule has 2 rings (SSSR count). The number of pyridine rings is 1. The van der Waals surface area contributed by atoms with E-state index in [1.807, 2.05) is 0 Å². The van der Waals surface area contributed by atoms with Crippen molar-refractivity contribution in [2.24, 2.45) is 5.73 Å². The predicted molar refractivity (Wildman–Crippen MR) is 72.1 cm³/mol. The van der Waals surface area contributed by atoms with Gasteiger partial charge in [0.25, 0.3) is 0 Å². The summed E-state index contributed by atoms with van der Waals surface area (Å²) < 4.78 is 12.9. The summed E-state index contributed by atoms with van der Waals surface area (Å²) >= 11 is 0. The molecule has 0 unspecified atom stereocenters. The molecule has 1 aliphatic rings. The van der Waals surface area contributed by atoms with Crippen molar-refractivity contribution in [3.05, 3.63) is 24.1 Å². The third kappa shape index (κ3) is 3.42. The van der Waals surface area contributed by atoms with Crippen LogP contribution in [0.3, 0.4) is 0 Å². The maximum Gasteiger partial charge on any atom is 0.141 e. The lowest BCUT2D eigenvalue weighted by atomic mass is 9.94. The highest BCUT2D eigenvalue weighted by Crippen LogP contribution is 2.26. The minimum atomic E-state index is -0.277. The zero-order chi connectivity index (χ0) is 12.8. The second-order valence-corrected chi connectivity index (χ2v) is 4.96. The molecule has 2 N–H and O–H groups in total. The van der Waals surface area contributed by atoms with Crippen LogP contribution in [-0.2, 0) is 0 Å². The number of hydrogen-bond acceptors (Lipinski definition) is 3. The van der Waals surface area contributed by atoms with Crippen molar-refractivity contribution in [2.75, 3.05) is 18.0 Å². The largest absolute Gasteiger partial charge is 0.354 e. The lowest BCUT2D eigenvalue weighted by molar-refractivity contribution is 0.411. The van der Waals surface area contributed by atoms with Crippen LogP contribution >= 0.6 is 0 Å². The van der Waals surface area contributed by atoms with Gasteiger partial charge in [-0.05, 0) is 37.9 Å². The minimum absolute atomic E-state index is 0.277. The van der Waals surface area contributed by atoms with Crippen LogP contribution in [-0.4, -0.2) is 24.1 Å². The van der Waals surface area contributed by atoms with E-state index in [-0.39, 0.29) is 5.82 Å². The molecular weight excluding hydrogens is 229 g/mol. The Hall–Kier alpha value is -1.16. The molecule has 1 aromatic rings. The van der Waals surface area contributed by atoms with Gasteiger partial charge >= 0.3 is 0 Å². The van der Waals surface area contributed by atoms with E-state index < -0.39 is 0 Å². The van der Waals surface area contributed by atoms with Crippen LogP contribution in [0.4, 0.5) is 10.2 Å². The maximum atomic E-state index is 12.9. The van der Waals surface area contributed by atoms with Crippen LogP contribution in [0, 0.1) is 5.82 Å². The van der Waals surface area contributed by atoms with Gasteiger partial charge in [0.05, 0.1) is 6.20 Å². The van der Waals surface area contributed by atoms with E-state index in [1.165, 1.54) is 44.4 Å². The Labute approximate surface area is 108 Å². The van der Waals surface area contributed by atoms with Crippen molar-refractivity contribution < 1.29 is 4.39 Å². The molecule has 0 amide bonds. The molecule has 1 saturated carbocycles. The summed E-state index contributed by atoms with van der Waals surface area (Å²) in [5.41, 5.74) is 5.60. The number of halogens is 1. The molecule has 0 atom stereocenters. The Balaban J connectivity index is 2.10. The molecule has 1 fully saturated rings. The first-order chi connectivity index (χ1) is 8.81. The number of nitrogens with two attached hydrogens (primary N) is 1. The summed E-state index contributed by atoms with van der Waals surface area (Å²) in [5.74, 6) is 0.609. The van der Waals surface area contributed by atoms with Crippen molar-refractivity contribution in [3.8, 4) is 0 Å². The van der Waals surface area contributed by atoms with Gasteiger partial charge in [-0.1, -0.05) is 19.3 Å². The van der Waals surface area contributed by atoms with E-state index in [9.17, 15) is 4.39 Å². The fourth-order valence-electron chi connectivity index (χ4n) is 2.68. The average molecular weight is 251 g/mol. The van der Waals surface area contributed by atoms with Crippen LogP contribution in [0.25, 0.3) is 0 Å². The fraction of sp³-hybridized carbons (Fsp3) is 0.643. The number of anilines is 1. The summed E-state index contributed by atoms with van der Waals surface area (Å²) in [6.45, 7) is 1.60. The molecule has 1 aromatic heterocycles. The number of rotatable bonds is 5. The van der Waals surface area contributed by atoms with Gasteiger partial charge in [-0.2, -0.15) is 0 Å². The summed E-state index contributed by atoms with van der Waals surface area (Å²) in [7, 11) is 0. The van der Waals surface area contributed by atoms with Crippen molar-refractivity contribution in [1.82, 2.24) is 4.98 Å². The second-order valence-electron chi connectivity index (χ2n) is 4.96. The fourth-order valence-corrected chi connectivity index (χ4v) is 2.68. The first kappa shape index (κ1) is 13.3. The molecule has 0 bridgehead atoms. The van der Waals surface area contributed by atoms with Crippen LogP contribution in [0.2, 0.25) is 0 Å². The van der Waals surface area contributed by atoms with E-state index in [2.05, 4.69) is 9.88 Å². The van der Waals surface area contributed by atoms with E-state index >= 15 is 0 Å². The zero-order valence-electron chi connectivity index (χ0n) is 10.8. The lowest BCUT2D eigenvalue weighted by Gasteiger charge is -2.35. The first-order valence-electron chi connectivity index (χ1n) is 6.89. The SMILES string of the molecule is NCCCN(c1ccc(F)cn1)C1CCCCC1. The molecule has 3 nitrogen and oxygen atoms in total. The number of hydrogen-bond donors (Lipinski definition) is 1. The van der Waals surface area contributed by atoms with Gasteiger partial charge in [-0.3, -0.25) is 0 Å². The summed E-state index contributed by atoms with van der Waals surface area (Å²) in [4.78, 5) is 6.53. The Kier molecular flexibility index (Phi) is 4.93. The molecule has 0 aromatic carbocycles. The molecule has 0 spiro atoms. The van der Waals surface area contributed by atoms with Crippen LogP contribution in [0.1, 0.15) is 38.5 Å². The van der Waals surface area contributed by atoms with Crippen molar-refractivity contribution in [3.63, 3.8) is 0 Å². The highest BCUT2D eigenvalue weighted by atomic mass is 19.1. The molecule has 0 saturated heterocycles. The van der Waals surface area contributed by atoms with Crippen LogP contribution < -0.4 is 10.6 Å². The van der Waals surface area contributed by atoms with E-state index in [4.69, 9.17) is 5.73 Å². The van der Waals surface area contributed by atoms with E-state index in [1.54, 1.807) is 6.07 Å². The molecule has 100 valence electrons. The van der Waals surface area contributed by atoms with Gasteiger partial charge in [0.1, 0.15) is 11.6 Å². The molecule has 0 radical (unpaired) electrons. The quantitative estimate of drug-likeness (QED) is 0.875. The number of aromatic nitrogens is 1. The summed E-state index contributed by atoms with van der Waals surface area (Å²) in [6.07, 6.45) is 8.57. The molecule has 1 aliphatic carbocycles. The normalized spacial score (nSPS) is 16.8. The van der Waals surface area contributed by atoms with Gasteiger partial charge in [-0.15, -0.1) is 0 Å². The highest BCUT2D eigenvalue weighted by molar-refractivity contribution is 5.39. The van der Waals surface area contributed by atoms with Crippen molar-refractivity contribution in [2.45, 2.75) is 44.6 Å². The molecule has 18 heavy (non-hydrogen) atoms. The van der Waals surface area contributed by atoms with Crippen LogP contribution in [0.5, 0.6) is 0 Å². The maximum absolute atomic E-state index is 12.9. The second kappa shape index (κ2) is 6.69. The Morgan fingerprint density at radius 3 is 2.67 bits per heavy atom. The molecule has 1 heterocycles. The smallest absolute Gasteiger partial charge is 0.141 e. The topological polar surface area (TPSA) is 42.1 Å². The van der Waals surface area contributed by atoms with Gasteiger partial charge in [-0.25, -0.2) is 9.37 Å². The van der Waals surface area contributed by atoms with E-state index in [0.29, 0.717) is 12.6 Å². The standard InChI is InChI=1S/C14H22FN3/c15-12-7-8-14(17-11-12)18(10-4-9-16)13-5-2-1-3-6-13/h7-8,11,13H,1-6,9-10,16H2. The van der Waals surface area contributed by atoms with Gasteiger partial charge < -0.3 is 10.6 Å². The predicted octanol–water partition coefficient (Wildman–Crippen LogP) is 2.71. The lowest BCUT2D eigenvalue weighted by Crippen LogP contribution is -2.38. The number of nitrogens with zero attached hydrogens (tertiary/aromatic N) is 2. The minimum Gasteiger partial charge on any atom is -0.354 e. The van der Waals surface area contributed by atoms with Crippen molar-refractivity contribution in [1.29, 1.82) is 0 Å². The van der Waals surface area contributed by atoms with Gasteiger partial charge in [0, 0.05) is 12.6 Å². The molecule has 4 heteroatoms. The highest BCUT2D eigenvalue weighted by Gasteiger charge is 2.21. The molecule has 0 aliphatic heterocycles. The van der Waals surface area contributed by atoms with Gasteiger partial charge in [0.15, 0.2) is 0 Å². The Morgan fingerprint density at radius 1 is 1.28 bits per heavy atom.